The molecule has 7 heteroatoms. The highest BCUT2D eigenvalue weighted by Gasteiger charge is 2.20. The van der Waals surface area contributed by atoms with Crippen molar-refractivity contribution in [3.05, 3.63) is 60.2 Å². The average Bonchev–Trinajstić information content (AvgIpc) is 2.61. The molecule has 0 saturated carbocycles. The zero-order valence-electron chi connectivity index (χ0n) is 14.3. The van der Waals surface area contributed by atoms with Crippen molar-refractivity contribution in [3.63, 3.8) is 0 Å². The first-order chi connectivity index (χ1) is 11.9. The number of amides is 1. The van der Waals surface area contributed by atoms with Crippen molar-refractivity contribution >= 4 is 27.7 Å². The van der Waals surface area contributed by atoms with E-state index in [4.69, 9.17) is 0 Å². The molecule has 0 spiro atoms. The third-order valence-corrected chi connectivity index (χ3v) is 6.48. The number of nitrogens with zero attached hydrogens (tertiary/aromatic N) is 1. The number of rotatable bonds is 8. The van der Waals surface area contributed by atoms with Crippen LogP contribution in [0.5, 0.6) is 0 Å². The third kappa shape index (κ3) is 5.59. The molecular weight excluding hydrogens is 356 g/mol. The molecule has 0 aromatic heterocycles. The number of hydrogen-bond acceptors (Lipinski definition) is 4. The monoisotopic (exact) mass is 378 g/mol. The van der Waals surface area contributed by atoms with E-state index in [-0.39, 0.29) is 17.3 Å². The number of carbonyl (C=O) groups is 1. The molecule has 0 radical (unpaired) electrons. The summed E-state index contributed by atoms with van der Waals surface area (Å²) >= 11 is 1.62. The zero-order chi connectivity index (χ0) is 18.3. The highest BCUT2D eigenvalue weighted by molar-refractivity contribution is 7.99. The Morgan fingerprint density at radius 2 is 1.68 bits per heavy atom. The number of thioether (sulfide) groups is 1. The molecule has 134 valence electrons. The summed E-state index contributed by atoms with van der Waals surface area (Å²) in [5, 5.41) is 2.80. The van der Waals surface area contributed by atoms with Crippen molar-refractivity contribution in [1.82, 2.24) is 9.62 Å². The van der Waals surface area contributed by atoms with Crippen LogP contribution in [-0.4, -0.2) is 38.5 Å². The summed E-state index contributed by atoms with van der Waals surface area (Å²) in [4.78, 5) is 13.4. The molecule has 2 aromatic rings. The van der Waals surface area contributed by atoms with Crippen molar-refractivity contribution in [2.45, 2.75) is 22.8 Å². The van der Waals surface area contributed by atoms with Crippen LogP contribution in [-0.2, 0) is 21.4 Å². The van der Waals surface area contributed by atoms with E-state index in [2.05, 4.69) is 5.32 Å². The average molecular weight is 379 g/mol. The van der Waals surface area contributed by atoms with Gasteiger partial charge in [-0.2, -0.15) is 0 Å². The van der Waals surface area contributed by atoms with Gasteiger partial charge >= 0.3 is 0 Å². The quantitative estimate of drug-likeness (QED) is 0.717. The van der Waals surface area contributed by atoms with Crippen LogP contribution in [0.3, 0.4) is 0 Å². The molecule has 1 N–H and O–H groups in total. The van der Waals surface area contributed by atoms with Gasteiger partial charge in [-0.15, -0.1) is 11.8 Å². The maximum atomic E-state index is 12.3. The maximum absolute atomic E-state index is 12.3. The summed E-state index contributed by atoms with van der Waals surface area (Å²) in [5.74, 6) is 0.577. The second kappa shape index (κ2) is 9.03. The fourth-order valence-corrected chi connectivity index (χ4v) is 4.15. The summed E-state index contributed by atoms with van der Waals surface area (Å²) in [5.41, 5.74) is 0.584. The Bertz CT molecular complexity index is 806. The van der Waals surface area contributed by atoms with Gasteiger partial charge in [0.05, 0.1) is 4.90 Å². The van der Waals surface area contributed by atoms with Crippen LogP contribution in [0.2, 0.25) is 0 Å². The van der Waals surface area contributed by atoms with E-state index in [0.717, 1.165) is 4.90 Å². The Kier molecular flexibility index (Phi) is 7.04. The van der Waals surface area contributed by atoms with E-state index < -0.39 is 10.0 Å². The molecule has 1 amide bonds. The number of carbonyl (C=O) groups excluding carboxylic acids is 1. The Morgan fingerprint density at radius 3 is 2.36 bits per heavy atom. The molecule has 0 unspecified atom stereocenters. The Labute approximate surface area is 153 Å². The fourth-order valence-electron chi connectivity index (χ4n) is 2.16. The van der Waals surface area contributed by atoms with Gasteiger partial charge in [-0.1, -0.05) is 36.4 Å². The molecule has 25 heavy (non-hydrogen) atoms. The fraction of sp³-hybridized carbons (Fsp3) is 0.278. The standard InChI is InChI=1S/C18H22N2O3S2/c1-20(2)25(22,23)17-11-7-6-8-15(17)14-19-18(21)12-13-24-16-9-4-3-5-10-16/h3-11H,12-14H2,1-2H3,(H,19,21). The van der Waals surface area contributed by atoms with E-state index in [0.29, 0.717) is 17.7 Å². The summed E-state index contributed by atoms with van der Waals surface area (Å²) in [6.45, 7) is 0.193. The van der Waals surface area contributed by atoms with E-state index in [1.807, 2.05) is 30.3 Å². The largest absolute Gasteiger partial charge is 0.352 e. The Balaban J connectivity index is 1.90. The first-order valence-corrected chi connectivity index (χ1v) is 10.3. The van der Waals surface area contributed by atoms with Crippen LogP contribution >= 0.6 is 11.8 Å². The Morgan fingerprint density at radius 1 is 1.04 bits per heavy atom. The predicted octanol–water partition coefficient (Wildman–Crippen LogP) is 2.74. The normalized spacial score (nSPS) is 11.5. The minimum Gasteiger partial charge on any atom is -0.352 e. The molecule has 5 nitrogen and oxygen atoms in total. The minimum absolute atomic E-state index is 0.0968. The molecule has 0 bridgehead atoms. The summed E-state index contributed by atoms with van der Waals surface area (Å²) in [7, 11) is -0.547. The van der Waals surface area contributed by atoms with Gasteiger partial charge in [0.2, 0.25) is 15.9 Å². The second-order valence-electron chi connectivity index (χ2n) is 5.58. The van der Waals surface area contributed by atoms with Crippen LogP contribution in [0.25, 0.3) is 0 Å². The highest BCUT2D eigenvalue weighted by atomic mass is 32.2. The highest BCUT2D eigenvalue weighted by Crippen LogP contribution is 2.19. The zero-order valence-corrected chi connectivity index (χ0v) is 15.9. The molecular formula is C18H22N2O3S2. The van der Waals surface area contributed by atoms with Crippen LogP contribution in [0.4, 0.5) is 0 Å². The lowest BCUT2D eigenvalue weighted by Gasteiger charge is -2.15. The maximum Gasteiger partial charge on any atom is 0.242 e. The lowest BCUT2D eigenvalue weighted by atomic mass is 10.2. The molecule has 0 aliphatic carbocycles. The van der Waals surface area contributed by atoms with Gasteiger partial charge in [-0.25, -0.2) is 12.7 Å². The van der Waals surface area contributed by atoms with Gasteiger partial charge in [0.1, 0.15) is 0 Å². The molecule has 0 aliphatic rings. The third-order valence-electron chi connectivity index (χ3n) is 3.55. The minimum atomic E-state index is -3.53. The number of nitrogens with one attached hydrogen (secondary N) is 1. The van der Waals surface area contributed by atoms with Gasteiger partial charge in [0.25, 0.3) is 0 Å². The summed E-state index contributed by atoms with van der Waals surface area (Å²) in [6.07, 6.45) is 0.377. The van der Waals surface area contributed by atoms with E-state index >= 15 is 0 Å². The van der Waals surface area contributed by atoms with Crippen molar-refractivity contribution in [2.75, 3.05) is 19.8 Å². The second-order valence-corrected chi connectivity index (χ2v) is 8.87. The summed E-state index contributed by atoms with van der Waals surface area (Å²) in [6, 6.07) is 16.6. The summed E-state index contributed by atoms with van der Waals surface area (Å²) < 4.78 is 25.8. The van der Waals surface area contributed by atoms with Gasteiger partial charge in [0.15, 0.2) is 0 Å². The molecule has 0 atom stereocenters. The van der Waals surface area contributed by atoms with Gasteiger partial charge < -0.3 is 5.32 Å². The van der Waals surface area contributed by atoms with Gasteiger partial charge in [0, 0.05) is 37.7 Å². The molecule has 2 aromatic carbocycles. The van der Waals surface area contributed by atoms with Crippen LogP contribution in [0.15, 0.2) is 64.4 Å². The molecule has 0 saturated heterocycles. The lowest BCUT2D eigenvalue weighted by Crippen LogP contribution is -2.27. The lowest BCUT2D eigenvalue weighted by molar-refractivity contribution is -0.120. The predicted molar refractivity (Wildman–Crippen MR) is 101 cm³/mol. The van der Waals surface area contributed by atoms with Crippen molar-refractivity contribution in [2.24, 2.45) is 0 Å². The van der Waals surface area contributed by atoms with Gasteiger partial charge in [-0.05, 0) is 23.8 Å². The van der Waals surface area contributed by atoms with Crippen LogP contribution in [0.1, 0.15) is 12.0 Å². The first kappa shape index (κ1) is 19.5. The van der Waals surface area contributed by atoms with Crippen molar-refractivity contribution in [1.29, 1.82) is 0 Å². The van der Waals surface area contributed by atoms with Crippen molar-refractivity contribution in [3.8, 4) is 0 Å². The molecule has 0 heterocycles. The topological polar surface area (TPSA) is 66.5 Å². The van der Waals surface area contributed by atoms with Gasteiger partial charge in [-0.3, -0.25) is 4.79 Å². The number of benzene rings is 2. The molecule has 2 rings (SSSR count). The SMILES string of the molecule is CN(C)S(=O)(=O)c1ccccc1CNC(=O)CCSc1ccccc1. The van der Waals surface area contributed by atoms with Crippen molar-refractivity contribution < 1.29 is 13.2 Å². The smallest absolute Gasteiger partial charge is 0.242 e. The van der Waals surface area contributed by atoms with E-state index in [9.17, 15) is 13.2 Å². The van der Waals surface area contributed by atoms with Crippen LogP contribution in [0, 0.1) is 0 Å². The molecule has 0 fully saturated rings. The number of hydrogen-bond donors (Lipinski definition) is 1. The van der Waals surface area contributed by atoms with Crippen LogP contribution < -0.4 is 5.32 Å². The first-order valence-electron chi connectivity index (χ1n) is 7.86. The Hall–Kier alpha value is -1.83. The van der Waals surface area contributed by atoms with E-state index in [1.54, 1.807) is 36.0 Å². The number of sulfonamides is 1. The molecule has 0 aliphatic heterocycles. The van der Waals surface area contributed by atoms with E-state index in [1.165, 1.54) is 18.4 Å².